The Kier molecular flexibility index (Phi) is 3.18. The molecule has 0 aliphatic carbocycles. The fraction of sp³-hybridized carbons (Fsp3) is 0.333. The maximum Gasteiger partial charge on any atom is 0.246 e. The predicted molar refractivity (Wildman–Crippen MR) is 76.8 cm³/mol. The van der Waals surface area contributed by atoms with E-state index in [4.69, 9.17) is 4.52 Å². The summed E-state index contributed by atoms with van der Waals surface area (Å²) < 4.78 is 5.00. The lowest BCUT2D eigenvalue weighted by molar-refractivity contribution is -0.115. The van der Waals surface area contributed by atoms with E-state index in [2.05, 4.69) is 34.4 Å². The van der Waals surface area contributed by atoms with Crippen molar-refractivity contribution in [2.45, 2.75) is 26.3 Å². The van der Waals surface area contributed by atoms with Gasteiger partial charge in [-0.15, -0.1) is 0 Å². The molecule has 104 valence electrons. The molecule has 0 saturated carbocycles. The van der Waals surface area contributed by atoms with E-state index in [1.54, 1.807) is 6.07 Å². The summed E-state index contributed by atoms with van der Waals surface area (Å²) in [7, 11) is 0. The Morgan fingerprint density at radius 1 is 1.50 bits per heavy atom. The molecule has 0 fully saturated rings. The van der Waals surface area contributed by atoms with Crippen LogP contribution in [0.1, 0.15) is 18.2 Å². The second kappa shape index (κ2) is 5.00. The zero-order chi connectivity index (χ0) is 14.1. The molecule has 5 nitrogen and oxygen atoms in total. The van der Waals surface area contributed by atoms with Gasteiger partial charge < -0.3 is 9.42 Å². The number of aromatic nitrogens is 1. The van der Waals surface area contributed by atoms with Crippen LogP contribution >= 0.6 is 0 Å². The van der Waals surface area contributed by atoms with Crippen LogP contribution in [0.3, 0.4) is 0 Å². The minimum Gasteiger partial charge on any atom is -0.359 e. The van der Waals surface area contributed by atoms with Crippen LogP contribution in [0.4, 0.5) is 11.6 Å². The largest absolute Gasteiger partial charge is 0.359 e. The summed E-state index contributed by atoms with van der Waals surface area (Å²) in [5, 5.41) is 6.48. The number of hydrogen-bond acceptors (Lipinski definition) is 4. The number of nitrogens with zero attached hydrogens (tertiary/aromatic N) is 2. The molecule has 5 heteroatoms. The molecule has 1 atom stereocenters. The van der Waals surface area contributed by atoms with Gasteiger partial charge in [-0.3, -0.25) is 10.1 Å². The standard InChI is InChI=1S/C15H17N3O2/c1-10-7-15(20-17-10)16-14(19)9-18-11(2)8-12-5-3-4-6-13(12)18/h3-7,11H,8-9H2,1-2H3,(H,16,19). The van der Waals surface area contributed by atoms with E-state index in [0.717, 1.165) is 17.8 Å². The summed E-state index contributed by atoms with van der Waals surface area (Å²) in [6, 6.07) is 10.2. The van der Waals surface area contributed by atoms with Crippen LogP contribution in [0, 0.1) is 6.92 Å². The number of carbonyl (C=O) groups is 1. The Bertz CT molecular complexity index is 636. The maximum absolute atomic E-state index is 12.1. The first kappa shape index (κ1) is 12.7. The molecule has 2 heterocycles. The normalized spacial score (nSPS) is 17.1. The highest BCUT2D eigenvalue weighted by atomic mass is 16.5. The van der Waals surface area contributed by atoms with Crippen molar-refractivity contribution in [3.8, 4) is 0 Å². The zero-order valence-corrected chi connectivity index (χ0v) is 11.6. The first-order chi connectivity index (χ1) is 9.63. The molecular formula is C15H17N3O2. The second-order valence-corrected chi connectivity index (χ2v) is 5.19. The summed E-state index contributed by atoms with van der Waals surface area (Å²) in [4.78, 5) is 14.2. The Morgan fingerprint density at radius 2 is 2.30 bits per heavy atom. The smallest absolute Gasteiger partial charge is 0.246 e. The fourth-order valence-corrected chi connectivity index (χ4v) is 2.62. The molecule has 0 radical (unpaired) electrons. The lowest BCUT2D eigenvalue weighted by Gasteiger charge is -2.23. The molecule has 1 N–H and O–H groups in total. The molecule has 1 aliphatic heterocycles. The van der Waals surface area contributed by atoms with Crippen LogP contribution in [0.25, 0.3) is 0 Å². The number of para-hydroxylation sites is 1. The van der Waals surface area contributed by atoms with Gasteiger partial charge in [0.15, 0.2) is 0 Å². The van der Waals surface area contributed by atoms with Crippen LogP contribution in [-0.4, -0.2) is 23.7 Å². The van der Waals surface area contributed by atoms with E-state index in [1.165, 1.54) is 5.56 Å². The zero-order valence-electron chi connectivity index (χ0n) is 11.6. The van der Waals surface area contributed by atoms with Crippen molar-refractivity contribution in [3.05, 3.63) is 41.6 Å². The van der Waals surface area contributed by atoms with Crippen molar-refractivity contribution < 1.29 is 9.32 Å². The maximum atomic E-state index is 12.1. The topological polar surface area (TPSA) is 58.4 Å². The third kappa shape index (κ3) is 2.39. The molecule has 1 unspecified atom stereocenters. The van der Waals surface area contributed by atoms with Crippen molar-refractivity contribution in [1.29, 1.82) is 0 Å². The summed E-state index contributed by atoms with van der Waals surface area (Å²) in [6.45, 7) is 4.27. The Balaban J connectivity index is 1.70. The lowest BCUT2D eigenvalue weighted by atomic mass is 10.1. The van der Waals surface area contributed by atoms with Gasteiger partial charge in [-0.25, -0.2) is 0 Å². The van der Waals surface area contributed by atoms with Gasteiger partial charge in [0.2, 0.25) is 11.8 Å². The van der Waals surface area contributed by atoms with E-state index in [9.17, 15) is 4.79 Å². The SMILES string of the molecule is Cc1cc(NC(=O)CN2c3ccccc3CC2C)on1. The summed E-state index contributed by atoms with van der Waals surface area (Å²) in [5.41, 5.74) is 3.19. The van der Waals surface area contributed by atoms with E-state index in [0.29, 0.717) is 18.5 Å². The minimum atomic E-state index is -0.0929. The van der Waals surface area contributed by atoms with Crippen LogP contribution in [-0.2, 0) is 11.2 Å². The first-order valence-electron chi connectivity index (χ1n) is 6.71. The average molecular weight is 271 g/mol. The van der Waals surface area contributed by atoms with E-state index in [-0.39, 0.29) is 5.91 Å². The number of hydrogen-bond donors (Lipinski definition) is 1. The number of carbonyl (C=O) groups excluding carboxylic acids is 1. The van der Waals surface area contributed by atoms with Gasteiger partial charge in [-0.05, 0) is 31.9 Å². The second-order valence-electron chi connectivity index (χ2n) is 5.19. The average Bonchev–Trinajstić information content (AvgIpc) is 2.94. The van der Waals surface area contributed by atoms with Crippen LogP contribution in [0.2, 0.25) is 0 Å². The van der Waals surface area contributed by atoms with Crippen LogP contribution < -0.4 is 10.2 Å². The Morgan fingerprint density at radius 3 is 3.05 bits per heavy atom. The highest BCUT2D eigenvalue weighted by molar-refractivity contribution is 5.93. The monoisotopic (exact) mass is 271 g/mol. The van der Waals surface area contributed by atoms with Crippen molar-refractivity contribution in [1.82, 2.24) is 5.16 Å². The molecule has 2 aromatic rings. The number of amides is 1. The minimum absolute atomic E-state index is 0.0929. The molecule has 1 amide bonds. The van der Waals surface area contributed by atoms with Gasteiger partial charge in [0.05, 0.1) is 12.2 Å². The van der Waals surface area contributed by atoms with Gasteiger partial charge in [0.1, 0.15) is 0 Å². The highest BCUT2D eigenvalue weighted by Gasteiger charge is 2.27. The van der Waals surface area contributed by atoms with Crippen molar-refractivity contribution in [2.24, 2.45) is 0 Å². The summed E-state index contributed by atoms with van der Waals surface area (Å²) >= 11 is 0. The van der Waals surface area contributed by atoms with Crippen LogP contribution in [0.5, 0.6) is 0 Å². The molecule has 20 heavy (non-hydrogen) atoms. The van der Waals surface area contributed by atoms with Crippen LogP contribution in [0.15, 0.2) is 34.9 Å². The third-order valence-electron chi connectivity index (χ3n) is 3.55. The lowest BCUT2D eigenvalue weighted by Crippen LogP contribution is -2.37. The van der Waals surface area contributed by atoms with Gasteiger partial charge >= 0.3 is 0 Å². The molecule has 3 rings (SSSR count). The van der Waals surface area contributed by atoms with Crippen molar-refractivity contribution in [3.63, 3.8) is 0 Å². The van der Waals surface area contributed by atoms with Gasteiger partial charge in [0.25, 0.3) is 0 Å². The van der Waals surface area contributed by atoms with Crippen molar-refractivity contribution in [2.75, 3.05) is 16.8 Å². The molecule has 0 bridgehead atoms. The van der Waals surface area contributed by atoms with Crippen molar-refractivity contribution >= 4 is 17.5 Å². The Hall–Kier alpha value is -2.30. The number of fused-ring (bicyclic) bond motifs is 1. The summed E-state index contributed by atoms with van der Waals surface area (Å²) in [5.74, 6) is 0.303. The molecule has 1 aliphatic rings. The molecule has 1 aromatic carbocycles. The Labute approximate surface area is 117 Å². The van der Waals surface area contributed by atoms with Gasteiger partial charge in [-0.2, -0.15) is 0 Å². The quantitative estimate of drug-likeness (QED) is 0.931. The first-order valence-corrected chi connectivity index (χ1v) is 6.71. The summed E-state index contributed by atoms with van der Waals surface area (Å²) in [6.07, 6.45) is 0.977. The third-order valence-corrected chi connectivity index (χ3v) is 3.55. The van der Waals surface area contributed by atoms with E-state index in [1.807, 2.05) is 19.1 Å². The molecule has 1 aromatic heterocycles. The number of benzene rings is 1. The van der Waals surface area contributed by atoms with E-state index < -0.39 is 0 Å². The van der Waals surface area contributed by atoms with Gasteiger partial charge in [-0.1, -0.05) is 23.4 Å². The molecule has 0 saturated heterocycles. The molecule has 0 spiro atoms. The number of nitrogens with one attached hydrogen (secondary N) is 1. The highest BCUT2D eigenvalue weighted by Crippen LogP contribution is 2.31. The number of aryl methyl sites for hydroxylation is 1. The number of rotatable bonds is 3. The predicted octanol–water partition coefficient (Wildman–Crippen LogP) is 2.37. The molecular weight excluding hydrogens is 254 g/mol. The number of anilines is 2. The van der Waals surface area contributed by atoms with E-state index >= 15 is 0 Å². The van der Waals surface area contributed by atoms with Gasteiger partial charge in [0, 0.05) is 17.8 Å². The fourth-order valence-electron chi connectivity index (χ4n) is 2.62.